The van der Waals surface area contributed by atoms with Crippen LogP contribution in [-0.4, -0.2) is 37.8 Å². The van der Waals surface area contributed by atoms with Crippen molar-refractivity contribution in [1.29, 1.82) is 0 Å². The molecule has 0 unspecified atom stereocenters. The average Bonchev–Trinajstić information content (AvgIpc) is 3.28. The molecule has 0 spiro atoms. The Balaban J connectivity index is 1.66. The number of non-ortho nitro benzene ring substituents is 1. The number of rotatable bonds is 5. The Labute approximate surface area is 187 Å². The minimum atomic E-state index is -0.993. The molecule has 0 radical (unpaired) electrons. The van der Waals surface area contributed by atoms with Crippen molar-refractivity contribution in [3.05, 3.63) is 65.5 Å². The van der Waals surface area contributed by atoms with Gasteiger partial charge in [-0.2, -0.15) is 0 Å². The molecular weight excluding hydrogens is 470 g/mol. The molecule has 0 saturated carbocycles. The molecule has 12 nitrogen and oxygen atoms in total. The summed E-state index contributed by atoms with van der Waals surface area (Å²) >= 11 is 6.71. The van der Waals surface area contributed by atoms with Crippen LogP contribution in [0.5, 0.6) is 17.2 Å². The summed E-state index contributed by atoms with van der Waals surface area (Å²) in [7, 11) is 0. The fourth-order valence-electron chi connectivity index (χ4n) is 3.01. The van der Waals surface area contributed by atoms with Crippen LogP contribution in [0.15, 0.2) is 29.2 Å². The molecule has 14 heteroatoms. The molecule has 2 amide bonds. The number of nitro groups is 2. The van der Waals surface area contributed by atoms with Crippen molar-refractivity contribution in [1.82, 2.24) is 4.90 Å². The van der Waals surface area contributed by atoms with Gasteiger partial charge in [-0.3, -0.25) is 34.7 Å². The van der Waals surface area contributed by atoms with Crippen LogP contribution in [0.4, 0.5) is 16.2 Å². The zero-order chi connectivity index (χ0) is 23.2. The number of fused-ring (bicyclic) bond motifs is 1. The second-order valence-corrected chi connectivity index (χ2v) is 7.88. The highest BCUT2D eigenvalue weighted by Crippen LogP contribution is 2.41. The summed E-state index contributed by atoms with van der Waals surface area (Å²) < 4.78 is 10.5. The smallest absolute Gasteiger partial charge is 0.318 e. The van der Waals surface area contributed by atoms with Crippen LogP contribution in [0.3, 0.4) is 0 Å². The van der Waals surface area contributed by atoms with E-state index in [1.54, 1.807) is 0 Å². The van der Waals surface area contributed by atoms with E-state index < -0.39 is 38.1 Å². The highest BCUT2D eigenvalue weighted by Gasteiger charge is 2.36. The number of carbonyl (C=O) groups is 2. The number of thioether (sulfide) groups is 1. The van der Waals surface area contributed by atoms with Gasteiger partial charge in [0, 0.05) is 22.7 Å². The van der Waals surface area contributed by atoms with E-state index in [9.17, 15) is 34.9 Å². The van der Waals surface area contributed by atoms with Gasteiger partial charge in [-0.1, -0.05) is 11.6 Å². The zero-order valence-corrected chi connectivity index (χ0v) is 17.2. The number of phenols is 1. The van der Waals surface area contributed by atoms with E-state index in [0.29, 0.717) is 34.9 Å². The van der Waals surface area contributed by atoms with Gasteiger partial charge in [-0.05, 0) is 29.5 Å². The first kappa shape index (κ1) is 21.4. The lowest BCUT2D eigenvalue weighted by Gasteiger charge is -2.14. The summed E-state index contributed by atoms with van der Waals surface area (Å²) in [5.41, 5.74) is -1.50. The molecule has 1 fully saturated rings. The monoisotopic (exact) mass is 479 g/mol. The quantitative estimate of drug-likeness (QED) is 0.378. The molecule has 2 aliphatic heterocycles. The Morgan fingerprint density at radius 1 is 1.12 bits per heavy atom. The van der Waals surface area contributed by atoms with Crippen LogP contribution in [-0.2, 0) is 11.3 Å². The van der Waals surface area contributed by atoms with E-state index in [4.69, 9.17) is 21.1 Å². The normalized spacial score (nSPS) is 16.2. The minimum absolute atomic E-state index is 0.0122. The number of aromatic hydroxyl groups is 1. The van der Waals surface area contributed by atoms with E-state index in [-0.39, 0.29) is 28.8 Å². The van der Waals surface area contributed by atoms with Gasteiger partial charge < -0.3 is 14.6 Å². The van der Waals surface area contributed by atoms with Gasteiger partial charge in [-0.15, -0.1) is 0 Å². The molecule has 0 atom stereocenters. The zero-order valence-electron chi connectivity index (χ0n) is 15.6. The number of carbonyl (C=O) groups excluding carboxylic acids is 2. The number of hydrogen-bond donors (Lipinski definition) is 1. The number of imide groups is 1. The van der Waals surface area contributed by atoms with Crippen molar-refractivity contribution in [2.45, 2.75) is 6.54 Å². The van der Waals surface area contributed by atoms with E-state index in [1.807, 2.05) is 0 Å². The molecule has 4 rings (SSSR count). The first-order chi connectivity index (χ1) is 15.2. The van der Waals surface area contributed by atoms with Crippen LogP contribution in [0.25, 0.3) is 6.08 Å². The van der Waals surface area contributed by atoms with Crippen molar-refractivity contribution in [3.8, 4) is 17.2 Å². The number of nitrogens with zero attached hydrogens (tertiary/aromatic N) is 3. The molecule has 2 aromatic rings. The standard InChI is InChI=1S/C18H10ClN3O9S/c19-11-5-14-13(30-7-31-14)2-9(11)6-20-17(24)15(32-18(20)25)3-8-1-10(21(26)27)4-12(16(8)23)22(28)29/h1-5,23H,6-7H2/b15-3-. The SMILES string of the molecule is O=C1S/C(=C\c2cc([N+](=O)[O-])cc([N+](=O)[O-])c2O)C(=O)N1Cc1cc2c(cc1Cl)OCO2. The molecule has 2 aromatic carbocycles. The Hall–Kier alpha value is -3.84. The molecule has 164 valence electrons. The average molecular weight is 480 g/mol. The molecule has 1 saturated heterocycles. The predicted molar refractivity (Wildman–Crippen MR) is 111 cm³/mol. The number of ether oxygens (including phenoxy) is 2. The van der Waals surface area contributed by atoms with Crippen molar-refractivity contribution in [3.63, 3.8) is 0 Å². The number of nitro benzene ring substituents is 2. The molecule has 2 heterocycles. The van der Waals surface area contributed by atoms with Crippen LogP contribution in [0.2, 0.25) is 5.02 Å². The number of amides is 2. The van der Waals surface area contributed by atoms with E-state index in [0.717, 1.165) is 17.0 Å². The summed E-state index contributed by atoms with van der Waals surface area (Å²) in [6.45, 7) is -0.184. The summed E-state index contributed by atoms with van der Waals surface area (Å²) in [6.07, 6.45) is 0.988. The summed E-state index contributed by atoms with van der Waals surface area (Å²) in [4.78, 5) is 46.2. The van der Waals surface area contributed by atoms with E-state index >= 15 is 0 Å². The first-order valence-corrected chi connectivity index (χ1v) is 9.84. The second-order valence-electron chi connectivity index (χ2n) is 6.48. The first-order valence-electron chi connectivity index (χ1n) is 8.65. The van der Waals surface area contributed by atoms with Crippen LogP contribution in [0, 0.1) is 20.2 Å². The predicted octanol–water partition coefficient (Wildman–Crippen LogP) is 3.83. The second kappa shape index (κ2) is 8.01. The van der Waals surface area contributed by atoms with Crippen LogP contribution < -0.4 is 9.47 Å². The molecule has 0 aromatic heterocycles. The number of halogens is 1. The van der Waals surface area contributed by atoms with Gasteiger partial charge in [0.25, 0.3) is 16.8 Å². The maximum absolute atomic E-state index is 12.8. The highest BCUT2D eigenvalue weighted by atomic mass is 35.5. The largest absolute Gasteiger partial charge is 0.502 e. The molecule has 2 aliphatic rings. The Kier molecular flexibility index (Phi) is 5.36. The topological polar surface area (TPSA) is 162 Å². The van der Waals surface area contributed by atoms with Crippen molar-refractivity contribution in [2.24, 2.45) is 0 Å². The minimum Gasteiger partial charge on any atom is -0.502 e. The number of hydrogen-bond acceptors (Lipinski definition) is 10. The van der Waals surface area contributed by atoms with Gasteiger partial charge in [0.15, 0.2) is 11.5 Å². The van der Waals surface area contributed by atoms with E-state index in [2.05, 4.69) is 0 Å². The Bertz CT molecular complexity index is 1250. The lowest BCUT2D eigenvalue weighted by Crippen LogP contribution is -2.27. The summed E-state index contributed by atoms with van der Waals surface area (Å²) in [6, 6.07) is 4.49. The maximum Gasteiger partial charge on any atom is 0.318 e. The Morgan fingerprint density at radius 2 is 1.81 bits per heavy atom. The van der Waals surface area contributed by atoms with Crippen molar-refractivity contribution in [2.75, 3.05) is 6.79 Å². The van der Waals surface area contributed by atoms with Gasteiger partial charge in [-0.25, -0.2) is 0 Å². The molecule has 1 N–H and O–H groups in total. The third-order valence-electron chi connectivity index (χ3n) is 4.54. The van der Waals surface area contributed by atoms with E-state index in [1.165, 1.54) is 12.1 Å². The molecule has 0 aliphatic carbocycles. The fraction of sp³-hybridized carbons (Fsp3) is 0.111. The van der Waals surface area contributed by atoms with Gasteiger partial charge in [0.05, 0.1) is 27.4 Å². The third kappa shape index (κ3) is 3.78. The Morgan fingerprint density at radius 3 is 2.47 bits per heavy atom. The number of phenolic OH excluding ortho intramolecular Hbond substituents is 1. The molecule has 0 bridgehead atoms. The highest BCUT2D eigenvalue weighted by molar-refractivity contribution is 8.18. The molecule has 32 heavy (non-hydrogen) atoms. The van der Waals surface area contributed by atoms with Gasteiger partial charge in [0.2, 0.25) is 12.5 Å². The van der Waals surface area contributed by atoms with Crippen molar-refractivity contribution >= 4 is 52.0 Å². The molecular formula is C18H10ClN3O9S. The lowest BCUT2D eigenvalue weighted by atomic mass is 10.1. The summed E-state index contributed by atoms with van der Waals surface area (Å²) in [5.74, 6) is -0.801. The maximum atomic E-state index is 12.8. The third-order valence-corrected chi connectivity index (χ3v) is 5.80. The van der Waals surface area contributed by atoms with Crippen molar-refractivity contribution < 1.29 is 34.0 Å². The van der Waals surface area contributed by atoms with Gasteiger partial charge in [0.1, 0.15) is 0 Å². The number of benzene rings is 2. The summed E-state index contributed by atoms with van der Waals surface area (Å²) in [5, 5.41) is 31.9. The lowest BCUT2D eigenvalue weighted by molar-refractivity contribution is -0.394. The van der Waals surface area contributed by atoms with Crippen LogP contribution >= 0.6 is 23.4 Å². The van der Waals surface area contributed by atoms with Crippen LogP contribution in [0.1, 0.15) is 11.1 Å². The van der Waals surface area contributed by atoms with Gasteiger partial charge >= 0.3 is 5.69 Å². The fourth-order valence-corrected chi connectivity index (χ4v) is 4.05.